The SMILES string of the molecule is O=C1CCC(N2Cc3cc(NC(=O)N4CCC5CC54)ccc3C2=O)C(=O)N1. The van der Waals surface area contributed by atoms with Crippen molar-refractivity contribution in [2.75, 3.05) is 11.9 Å². The number of hydrogen-bond donors (Lipinski definition) is 2. The van der Waals surface area contributed by atoms with Crippen molar-refractivity contribution in [1.82, 2.24) is 15.1 Å². The van der Waals surface area contributed by atoms with Crippen LogP contribution in [0.15, 0.2) is 18.2 Å². The Morgan fingerprint density at radius 1 is 1.19 bits per heavy atom. The van der Waals surface area contributed by atoms with Crippen LogP contribution in [0, 0.1) is 5.92 Å². The highest BCUT2D eigenvalue weighted by Gasteiger charge is 2.48. The monoisotopic (exact) mass is 368 g/mol. The Hall–Kier alpha value is -2.90. The molecule has 1 saturated carbocycles. The first-order chi connectivity index (χ1) is 13.0. The van der Waals surface area contributed by atoms with Gasteiger partial charge in [0, 0.05) is 36.8 Å². The molecular formula is C19H20N4O4. The first kappa shape index (κ1) is 16.3. The van der Waals surface area contributed by atoms with Crippen molar-refractivity contribution in [3.05, 3.63) is 29.3 Å². The molecule has 0 spiro atoms. The first-order valence-corrected chi connectivity index (χ1v) is 9.36. The number of hydrogen-bond acceptors (Lipinski definition) is 4. The van der Waals surface area contributed by atoms with E-state index in [-0.39, 0.29) is 24.3 Å². The summed E-state index contributed by atoms with van der Waals surface area (Å²) in [6, 6.07) is 4.90. The maximum atomic E-state index is 12.7. The molecule has 0 aromatic heterocycles. The maximum absolute atomic E-state index is 12.7. The number of nitrogens with zero attached hydrogens (tertiary/aromatic N) is 2. The minimum absolute atomic E-state index is 0.0914. The summed E-state index contributed by atoms with van der Waals surface area (Å²) in [5, 5.41) is 5.22. The van der Waals surface area contributed by atoms with Crippen LogP contribution in [0.1, 0.15) is 41.6 Å². The van der Waals surface area contributed by atoms with Crippen LogP contribution in [0.4, 0.5) is 10.5 Å². The standard InChI is InChI=1S/C19H20N4O4/c24-16-4-3-14(17(25)21-16)23-9-11-7-12(1-2-13(11)18(23)26)20-19(27)22-6-5-10-8-15(10)22/h1-2,7,10,14-15H,3-6,8-9H2,(H,20,27)(H,21,24,25). The van der Waals surface area contributed by atoms with E-state index >= 15 is 0 Å². The van der Waals surface area contributed by atoms with Crippen LogP contribution in [0.25, 0.3) is 0 Å². The number of anilines is 1. The van der Waals surface area contributed by atoms with Crippen molar-refractivity contribution in [2.45, 2.75) is 44.3 Å². The summed E-state index contributed by atoms with van der Waals surface area (Å²) in [6.07, 6.45) is 2.76. The van der Waals surface area contributed by atoms with E-state index in [2.05, 4.69) is 10.6 Å². The molecule has 0 bridgehead atoms. The van der Waals surface area contributed by atoms with E-state index < -0.39 is 11.9 Å². The van der Waals surface area contributed by atoms with Crippen LogP contribution in [0.2, 0.25) is 0 Å². The van der Waals surface area contributed by atoms with Crippen LogP contribution in [-0.2, 0) is 16.1 Å². The Kier molecular flexibility index (Phi) is 3.50. The molecule has 0 radical (unpaired) electrons. The summed E-state index contributed by atoms with van der Waals surface area (Å²) in [4.78, 5) is 52.0. The zero-order chi connectivity index (χ0) is 18.7. The predicted octanol–water partition coefficient (Wildman–Crippen LogP) is 1.07. The van der Waals surface area contributed by atoms with E-state index in [9.17, 15) is 19.2 Å². The molecule has 8 heteroatoms. The fourth-order valence-electron chi connectivity index (χ4n) is 4.49. The van der Waals surface area contributed by atoms with Crippen molar-refractivity contribution >= 4 is 29.4 Å². The molecule has 27 heavy (non-hydrogen) atoms. The molecule has 140 valence electrons. The second-order valence-electron chi connectivity index (χ2n) is 7.75. The highest BCUT2D eigenvalue weighted by molar-refractivity contribution is 6.05. The van der Waals surface area contributed by atoms with Gasteiger partial charge in [0.1, 0.15) is 6.04 Å². The van der Waals surface area contributed by atoms with Gasteiger partial charge in [-0.2, -0.15) is 0 Å². The highest BCUT2D eigenvalue weighted by atomic mass is 16.2. The van der Waals surface area contributed by atoms with Crippen molar-refractivity contribution < 1.29 is 19.2 Å². The lowest BCUT2D eigenvalue weighted by Gasteiger charge is -2.29. The third-order valence-electron chi connectivity index (χ3n) is 6.06. The van der Waals surface area contributed by atoms with E-state index in [0.717, 1.165) is 24.9 Å². The third-order valence-corrected chi connectivity index (χ3v) is 6.06. The van der Waals surface area contributed by atoms with Gasteiger partial charge >= 0.3 is 6.03 Å². The average Bonchev–Trinajstić information content (AvgIpc) is 3.16. The third kappa shape index (κ3) is 2.67. The summed E-state index contributed by atoms with van der Waals surface area (Å²) in [5.74, 6) is -0.257. The predicted molar refractivity (Wildman–Crippen MR) is 94.7 cm³/mol. The Balaban J connectivity index is 1.31. The number of urea groups is 1. The number of rotatable bonds is 2. The average molecular weight is 368 g/mol. The lowest BCUT2D eigenvalue weighted by atomic mass is 10.0. The molecular weight excluding hydrogens is 348 g/mol. The van der Waals surface area contributed by atoms with Gasteiger partial charge in [0.15, 0.2) is 0 Å². The molecule has 2 N–H and O–H groups in total. The summed E-state index contributed by atoms with van der Waals surface area (Å²) in [7, 11) is 0. The minimum Gasteiger partial charge on any atom is -0.322 e. The second kappa shape index (κ2) is 5.80. The Bertz CT molecular complexity index is 882. The number of benzene rings is 1. The van der Waals surface area contributed by atoms with Gasteiger partial charge in [-0.1, -0.05) is 0 Å². The fourth-order valence-corrected chi connectivity index (χ4v) is 4.49. The molecule has 8 nitrogen and oxygen atoms in total. The van der Waals surface area contributed by atoms with Gasteiger partial charge in [-0.15, -0.1) is 0 Å². The van der Waals surface area contributed by atoms with Gasteiger partial charge in [-0.05, 0) is 48.9 Å². The smallest absolute Gasteiger partial charge is 0.322 e. The van der Waals surface area contributed by atoms with Crippen LogP contribution < -0.4 is 10.6 Å². The van der Waals surface area contributed by atoms with E-state index in [4.69, 9.17) is 0 Å². The highest BCUT2D eigenvalue weighted by Crippen LogP contribution is 2.44. The summed E-state index contributed by atoms with van der Waals surface area (Å²) in [5.41, 5.74) is 1.98. The molecule has 5 rings (SSSR count). The minimum atomic E-state index is -0.628. The number of amides is 5. The zero-order valence-electron chi connectivity index (χ0n) is 14.7. The Labute approximate surface area is 155 Å². The van der Waals surface area contributed by atoms with Crippen LogP contribution in [0.3, 0.4) is 0 Å². The molecule has 3 heterocycles. The number of piperidine rings is 2. The zero-order valence-corrected chi connectivity index (χ0v) is 14.7. The largest absolute Gasteiger partial charge is 0.322 e. The van der Waals surface area contributed by atoms with Crippen molar-refractivity contribution in [2.24, 2.45) is 5.92 Å². The van der Waals surface area contributed by atoms with Gasteiger partial charge < -0.3 is 15.1 Å². The normalized spacial score (nSPS) is 28.7. The molecule has 5 amide bonds. The Morgan fingerprint density at radius 2 is 2.04 bits per heavy atom. The second-order valence-corrected chi connectivity index (χ2v) is 7.75. The number of fused-ring (bicyclic) bond motifs is 2. The van der Waals surface area contributed by atoms with Gasteiger partial charge in [0.05, 0.1) is 0 Å². The number of imide groups is 1. The lowest BCUT2D eigenvalue weighted by Crippen LogP contribution is -2.52. The Morgan fingerprint density at radius 3 is 2.74 bits per heavy atom. The van der Waals surface area contributed by atoms with E-state index in [1.807, 2.05) is 4.90 Å². The molecule has 1 aromatic carbocycles. The van der Waals surface area contributed by atoms with Gasteiger partial charge in [-0.25, -0.2) is 4.79 Å². The first-order valence-electron chi connectivity index (χ1n) is 9.36. The van der Waals surface area contributed by atoms with E-state index in [0.29, 0.717) is 36.2 Å². The number of nitrogens with one attached hydrogen (secondary N) is 2. The fraction of sp³-hybridized carbons (Fsp3) is 0.474. The van der Waals surface area contributed by atoms with Crippen molar-refractivity contribution in [3.63, 3.8) is 0 Å². The van der Waals surface area contributed by atoms with Crippen LogP contribution in [-0.4, -0.2) is 52.2 Å². The van der Waals surface area contributed by atoms with Crippen molar-refractivity contribution in [3.8, 4) is 0 Å². The van der Waals surface area contributed by atoms with Crippen molar-refractivity contribution in [1.29, 1.82) is 0 Å². The molecule has 3 aliphatic heterocycles. The molecule has 3 atom stereocenters. The summed E-state index contributed by atoms with van der Waals surface area (Å²) >= 11 is 0. The molecule has 4 aliphatic rings. The molecule has 1 aliphatic carbocycles. The van der Waals surface area contributed by atoms with Crippen LogP contribution >= 0.6 is 0 Å². The molecule has 2 saturated heterocycles. The van der Waals surface area contributed by atoms with Crippen LogP contribution in [0.5, 0.6) is 0 Å². The quantitative estimate of drug-likeness (QED) is 0.763. The summed E-state index contributed by atoms with van der Waals surface area (Å²) < 4.78 is 0. The number of likely N-dealkylation sites (tertiary alicyclic amines) is 1. The van der Waals surface area contributed by atoms with Gasteiger partial charge in [0.2, 0.25) is 11.8 Å². The van der Waals surface area contributed by atoms with E-state index in [1.54, 1.807) is 18.2 Å². The van der Waals surface area contributed by atoms with E-state index in [1.165, 1.54) is 4.90 Å². The van der Waals surface area contributed by atoms with Gasteiger partial charge in [-0.3, -0.25) is 19.7 Å². The molecule has 3 unspecified atom stereocenters. The van der Waals surface area contributed by atoms with Gasteiger partial charge in [0.25, 0.3) is 5.91 Å². The summed E-state index contributed by atoms with van der Waals surface area (Å²) in [6.45, 7) is 1.10. The lowest BCUT2D eigenvalue weighted by molar-refractivity contribution is -0.136. The number of carbonyl (C=O) groups is 4. The number of carbonyl (C=O) groups excluding carboxylic acids is 4. The molecule has 3 fully saturated rings. The molecule has 1 aromatic rings. The maximum Gasteiger partial charge on any atom is 0.322 e. The topological polar surface area (TPSA) is 98.8 Å².